The van der Waals surface area contributed by atoms with Crippen molar-refractivity contribution in [1.82, 2.24) is 9.97 Å². The van der Waals surface area contributed by atoms with Gasteiger partial charge in [0.05, 0.1) is 0 Å². The molecule has 1 heterocycles. The number of nitrogens with two attached hydrogens (primary N) is 1. The second kappa shape index (κ2) is 5.20. The second-order valence-corrected chi connectivity index (χ2v) is 6.57. The second-order valence-electron chi connectivity index (χ2n) is 6.57. The molecule has 2 saturated carbocycles. The first-order valence-electron chi connectivity index (χ1n) is 7.75. The van der Waals surface area contributed by atoms with Crippen LogP contribution >= 0.6 is 0 Å². The Morgan fingerprint density at radius 2 is 1.75 bits per heavy atom. The summed E-state index contributed by atoms with van der Waals surface area (Å²) in [6.45, 7) is 4.33. The summed E-state index contributed by atoms with van der Waals surface area (Å²) >= 11 is 0. The molecule has 1 aromatic rings. The Labute approximate surface area is 120 Å². The summed E-state index contributed by atoms with van der Waals surface area (Å²) in [7, 11) is 0. The Bertz CT molecular complexity index is 489. The quantitative estimate of drug-likeness (QED) is 0.581. The van der Waals surface area contributed by atoms with Crippen molar-refractivity contribution in [1.29, 1.82) is 0 Å². The van der Waals surface area contributed by atoms with Crippen molar-refractivity contribution in [2.75, 3.05) is 10.7 Å². The van der Waals surface area contributed by atoms with Gasteiger partial charge in [-0.15, -0.1) is 0 Å². The highest BCUT2D eigenvalue weighted by Gasteiger charge is 2.31. The van der Waals surface area contributed by atoms with Gasteiger partial charge in [-0.3, -0.25) is 0 Å². The third kappa shape index (κ3) is 2.73. The van der Waals surface area contributed by atoms with Crippen LogP contribution in [0.4, 0.5) is 11.6 Å². The normalized spacial score (nSPS) is 21.6. The van der Waals surface area contributed by atoms with Crippen LogP contribution in [0.1, 0.15) is 69.2 Å². The maximum atomic E-state index is 5.61. The molecule has 0 unspecified atom stereocenters. The van der Waals surface area contributed by atoms with Crippen molar-refractivity contribution in [3.05, 3.63) is 11.4 Å². The molecule has 0 aliphatic heterocycles. The molecule has 1 aromatic heterocycles. The molecule has 0 aromatic carbocycles. The lowest BCUT2D eigenvalue weighted by Crippen LogP contribution is -2.37. The minimum Gasteiger partial charge on any atom is -0.365 e. The Kier molecular flexibility index (Phi) is 3.54. The van der Waals surface area contributed by atoms with Gasteiger partial charge in [0.25, 0.3) is 0 Å². The summed E-state index contributed by atoms with van der Waals surface area (Å²) in [6.07, 6.45) is 8.76. The highest BCUT2D eigenvalue weighted by Crippen LogP contribution is 2.40. The fraction of sp³-hybridized carbons (Fsp3) is 0.733. The molecule has 0 bridgehead atoms. The predicted octanol–water partition coefficient (Wildman–Crippen LogP) is 3.08. The SMILES string of the molecule is Cc1c(NN)nc(C2CC2)nc1NC1(C)CCCCC1. The smallest absolute Gasteiger partial charge is 0.148 e. The van der Waals surface area contributed by atoms with Crippen LogP contribution in [0, 0.1) is 6.92 Å². The Morgan fingerprint density at radius 3 is 2.35 bits per heavy atom. The fourth-order valence-electron chi connectivity index (χ4n) is 3.06. The molecule has 4 N–H and O–H groups in total. The molecule has 2 fully saturated rings. The van der Waals surface area contributed by atoms with E-state index in [0.29, 0.717) is 5.92 Å². The maximum absolute atomic E-state index is 5.61. The lowest BCUT2D eigenvalue weighted by Gasteiger charge is -2.35. The third-order valence-electron chi connectivity index (χ3n) is 4.62. The maximum Gasteiger partial charge on any atom is 0.148 e. The molecule has 0 atom stereocenters. The molecular formula is C15H25N5. The van der Waals surface area contributed by atoms with Crippen molar-refractivity contribution < 1.29 is 0 Å². The van der Waals surface area contributed by atoms with E-state index in [2.05, 4.69) is 22.7 Å². The number of hydrogen-bond acceptors (Lipinski definition) is 5. The van der Waals surface area contributed by atoms with E-state index in [4.69, 9.17) is 10.8 Å². The average Bonchev–Trinajstić information content (AvgIpc) is 3.26. The summed E-state index contributed by atoms with van der Waals surface area (Å²) in [4.78, 5) is 9.31. The number of nitrogens with zero attached hydrogens (tertiary/aromatic N) is 2. The first-order valence-corrected chi connectivity index (χ1v) is 7.75. The third-order valence-corrected chi connectivity index (χ3v) is 4.62. The number of aromatic nitrogens is 2. The van der Waals surface area contributed by atoms with E-state index in [9.17, 15) is 0 Å². The molecule has 2 aliphatic rings. The van der Waals surface area contributed by atoms with Crippen LogP contribution in [0.3, 0.4) is 0 Å². The molecule has 110 valence electrons. The van der Waals surface area contributed by atoms with Crippen LogP contribution in [0.5, 0.6) is 0 Å². The molecular weight excluding hydrogens is 250 g/mol. The zero-order valence-electron chi connectivity index (χ0n) is 12.5. The molecule has 5 heteroatoms. The molecule has 0 spiro atoms. The monoisotopic (exact) mass is 275 g/mol. The average molecular weight is 275 g/mol. The number of nitrogen functional groups attached to an aromatic ring is 1. The Morgan fingerprint density at radius 1 is 1.10 bits per heavy atom. The summed E-state index contributed by atoms with van der Waals surface area (Å²) in [5.41, 5.74) is 3.89. The molecule has 0 amide bonds. The fourth-order valence-corrected chi connectivity index (χ4v) is 3.06. The van der Waals surface area contributed by atoms with Gasteiger partial charge in [-0.1, -0.05) is 19.3 Å². The van der Waals surface area contributed by atoms with Crippen LogP contribution in [-0.2, 0) is 0 Å². The van der Waals surface area contributed by atoms with E-state index >= 15 is 0 Å². The number of nitrogens with one attached hydrogen (secondary N) is 2. The number of anilines is 2. The van der Waals surface area contributed by atoms with Gasteiger partial charge in [0.2, 0.25) is 0 Å². The van der Waals surface area contributed by atoms with Gasteiger partial charge in [-0.2, -0.15) is 0 Å². The molecule has 3 rings (SSSR count). The van der Waals surface area contributed by atoms with Gasteiger partial charge in [0, 0.05) is 17.0 Å². The standard InChI is InChI=1S/C15H25N5/c1-10-12(19-15(2)8-4-3-5-9-15)17-14(11-6-7-11)18-13(10)20-16/h11H,3-9,16H2,1-2H3,(H2,17,18,19,20). The molecule has 0 saturated heterocycles. The lowest BCUT2D eigenvalue weighted by molar-refractivity contribution is 0.348. The van der Waals surface area contributed by atoms with Crippen LogP contribution in [0.15, 0.2) is 0 Å². The minimum atomic E-state index is 0.157. The van der Waals surface area contributed by atoms with Crippen LogP contribution in [0.2, 0.25) is 0 Å². The highest BCUT2D eigenvalue weighted by atomic mass is 15.3. The number of rotatable bonds is 4. The van der Waals surface area contributed by atoms with Gasteiger partial charge in [0.15, 0.2) is 0 Å². The summed E-state index contributed by atoms with van der Waals surface area (Å²) in [6, 6.07) is 0. The predicted molar refractivity (Wildman–Crippen MR) is 81.7 cm³/mol. The van der Waals surface area contributed by atoms with Gasteiger partial charge >= 0.3 is 0 Å². The van der Waals surface area contributed by atoms with E-state index in [0.717, 1.165) is 23.0 Å². The van der Waals surface area contributed by atoms with E-state index in [1.807, 2.05) is 6.92 Å². The van der Waals surface area contributed by atoms with Crippen LogP contribution in [0.25, 0.3) is 0 Å². The Balaban J connectivity index is 1.88. The van der Waals surface area contributed by atoms with Crippen LogP contribution < -0.4 is 16.6 Å². The minimum absolute atomic E-state index is 0.157. The first kappa shape index (κ1) is 13.6. The van der Waals surface area contributed by atoms with E-state index in [1.165, 1.54) is 44.9 Å². The van der Waals surface area contributed by atoms with Gasteiger partial charge in [0.1, 0.15) is 17.5 Å². The lowest BCUT2D eigenvalue weighted by atomic mass is 9.83. The van der Waals surface area contributed by atoms with E-state index in [1.54, 1.807) is 0 Å². The van der Waals surface area contributed by atoms with Gasteiger partial charge < -0.3 is 10.7 Å². The molecule has 20 heavy (non-hydrogen) atoms. The van der Waals surface area contributed by atoms with Crippen LogP contribution in [-0.4, -0.2) is 15.5 Å². The zero-order chi connectivity index (χ0) is 14.2. The van der Waals surface area contributed by atoms with Crippen molar-refractivity contribution in [3.63, 3.8) is 0 Å². The highest BCUT2D eigenvalue weighted by molar-refractivity contribution is 5.58. The first-order chi connectivity index (χ1) is 9.61. The van der Waals surface area contributed by atoms with E-state index < -0.39 is 0 Å². The number of hydrogen-bond donors (Lipinski definition) is 3. The van der Waals surface area contributed by atoms with Crippen molar-refractivity contribution in [2.45, 2.75) is 70.3 Å². The van der Waals surface area contributed by atoms with Crippen molar-refractivity contribution in [2.24, 2.45) is 5.84 Å². The summed E-state index contributed by atoms with van der Waals surface area (Å²) in [5, 5.41) is 3.68. The zero-order valence-corrected chi connectivity index (χ0v) is 12.5. The van der Waals surface area contributed by atoms with Gasteiger partial charge in [-0.05, 0) is 39.5 Å². The summed E-state index contributed by atoms with van der Waals surface area (Å²) in [5.74, 6) is 8.78. The van der Waals surface area contributed by atoms with E-state index in [-0.39, 0.29) is 5.54 Å². The van der Waals surface area contributed by atoms with Gasteiger partial charge in [-0.25, -0.2) is 15.8 Å². The summed E-state index contributed by atoms with van der Waals surface area (Å²) < 4.78 is 0. The van der Waals surface area contributed by atoms with Crippen molar-refractivity contribution in [3.8, 4) is 0 Å². The molecule has 5 nitrogen and oxygen atoms in total. The largest absolute Gasteiger partial charge is 0.365 e. The Hall–Kier alpha value is -1.36. The number of hydrazine groups is 1. The topological polar surface area (TPSA) is 75.9 Å². The van der Waals surface area contributed by atoms with Crippen molar-refractivity contribution >= 4 is 11.6 Å². The molecule has 2 aliphatic carbocycles. The molecule has 0 radical (unpaired) electrons.